The molecule has 0 aromatic heterocycles. The molecule has 0 bridgehead atoms. The molecule has 1 N–H and O–H groups in total. The van der Waals surface area contributed by atoms with Gasteiger partial charge in [0.2, 0.25) is 0 Å². The Hall–Kier alpha value is -1.08. The molecule has 0 heterocycles. The smallest absolute Gasteiger partial charge is 0.0732 e. The van der Waals surface area contributed by atoms with Gasteiger partial charge in [-0.25, -0.2) is 0 Å². The number of aliphatic hydroxyl groups excluding tert-OH is 1. The summed E-state index contributed by atoms with van der Waals surface area (Å²) >= 11 is 0. The third-order valence-corrected chi connectivity index (χ3v) is 2.75. The zero-order valence-corrected chi connectivity index (χ0v) is 7.77. The summed E-state index contributed by atoms with van der Waals surface area (Å²) in [7, 11) is 0. The second kappa shape index (κ2) is 3.00. The first-order chi connectivity index (χ1) is 6.21. The zero-order valence-electron chi connectivity index (χ0n) is 7.77. The lowest BCUT2D eigenvalue weighted by Crippen LogP contribution is -2.18. The third kappa shape index (κ3) is 1.52. The molecule has 0 fully saturated rings. The maximum absolute atomic E-state index is 9.44. The molecule has 1 aliphatic rings. The summed E-state index contributed by atoms with van der Waals surface area (Å²) in [6.45, 7) is 2.16. The van der Waals surface area contributed by atoms with E-state index in [1.165, 1.54) is 5.56 Å². The summed E-state index contributed by atoms with van der Waals surface area (Å²) in [4.78, 5) is 0. The molecule has 1 aliphatic carbocycles. The average Bonchev–Trinajstić information content (AvgIpc) is 2.49. The van der Waals surface area contributed by atoms with Crippen LogP contribution in [0.3, 0.4) is 0 Å². The molecule has 0 radical (unpaired) electrons. The maximum atomic E-state index is 9.44. The highest BCUT2D eigenvalue weighted by molar-refractivity contribution is 5.33. The van der Waals surface area contributed by atoms with Gasteiger partial charge in [-0.15, -0.1) is 0 Å². The molecule has 0 saturated heterocycles. The van der Waals surface area contributed by atoms with Gasteiger partial charge in [0.1, 0.15) is 0 Å². The summed E-state index contributed by atoms with van der Waals surface area (Å²) in [6, 6.07) is 10.3. The highest BCUT2D eigenvalue weighted by Crippen LogP contribution is 2.35. The van der Waals surface area contributed by atoms with E-state index in [0.29, 0.717) is 0 Å². The number of hydrogen-bond donors (Lipinski definition) is 1. The van der Waals surface area contributed by atoms with Crippen LogP contribution in [0.1, 0.15) is 18.9 Å². The van der Waals surface area contributed by atoms with Crippen LogP contribution in [0.5, 0.6) is 0 Å². The van der Waals surface area contributed by atoms with Gasteiger partial charge in [0.25, 0.3) is 0 Å². The molecule has 1 aromatic carbocycles. The Bertz CT molecular complexity index is 315. The molecule has 13 heavy (non-hydrogen) atoms. The fourth-order valence-corrected chi connectivity index (χ4v) is 1.93. The number of benzene rings is 1. The van der Waals surface area contributed by atoms with Gasteiger partial charge in [-0.05, 0) is 12.0 Å². The van der Waals surface area contributed by atoms with Gasteiger partial charge in [-0.2, -0.15) is 0 Å². The lowest BCUT2D eigenvalue weighted by Gasteiger charge is -2.22. The van der Waals surface area contributed by atoms with Crippen LogP contribution in [-0.2, 0) is 5.41 Å². The summed E-state index contributed by atoms with van der Waals surface area (Å²) in [5.41, 5.74) is 1.31. The lowest BCUT2D eigenvalue weighted by molar-refractivity contribution is 0.205. The Morgan fingerprint density at radius 3 is 2.54 bits per heavy atom. The molecule has 2 atom stereocenters. The summed E-state index contributed by atoms with van der Waals surface area (Å²) in [5.74, 6) is 0. The van der Waals surface area contributed by atoms with E-state index in [0.717, 1.165) is 6.42 Å². The normalized spacial score (nSPS) is 32.3. The van der Waals surface area contributed by atoms with Crippen molar-refractivity contribution in [3.8, 4) is 0 Å². The Morgan fingerprint density at radius 2 is 2.00 bits per heavy atom. The largest absolute Gasteiger partial charge is 0.389 e. The van der Waals surface area contributed by atoms with Crippen LogP contribution in [0.4, 0.5) is 0 Å². The first kappa shape index (κ1) is 8.52. The highest BCUT2D eigenvalue weighted by atomic mass is 16.3. The summed E-state index contributed by atoms with van der Waals surface area (Å²) in [5, 5.41) is 9.44. The van der Waals surface area contributed by atoms with Crippen LogP contribution in [0, 0.1) is 0 Å². The first-order valence-corrected chi connectivity index (χ1v) is 4.64. The van der Waals surface area contributed by atoms with Crippen LogP contribution in [0.15, 0.2) is 42.5 Å². The van der Waals surface area contributed by atoms with Gasteiger partial charge in [-0.3, -0.25) is 0 Å². The minimum atomic E-state index is -0.273. The molecule has 68 valence electrons. The van der Waals surface area contributed by atoms with Gasteiger partial charge in [-0.1, -0.05) is 49.4 Å². The summed E-state index contributed by atoms with van der Waals surface area (Å²) < 4.78 is 0. The molecule has 0 spiro atoms. The van der Waals surface area contributed by atoms with Crippen molar-refractivity contribution < 1.29 is 5.11 Å². The van der Waals surface area contributed by atoms with E-state index in [4.69, 9.17) is 0 Å². The standard InChI is InChI=1S/C12H14O/c1-12(8-7-11(13)9-12)10-5-3-2-4-6-10/h2-8,11,13H,9H2,1H3. The van der Waals surface area contributed by atoms with E-state index in [9.17, 15) is 5.11 Å². The monoisotopic (exact) mass is 174 g/mol. The van der Waals surface area contributed by atoms with E-state index in [2.05, 4.69) is 25.1 Å². The maximum Gasteiger partial charge on any atom is 0.0732 e. The van der Waals surface area contributed by atoms with Crippen molar-refractivity contribution in [2.24, 2.45) is 0 Å². The Labute approximate surface area is 78.7 Å². The van der Waals surface area contributed by atoms with Crippen LogP contribution in [-0.4, -0.2) is 11.2 Å². The van der Waals surface area contributed by atoms with Crippen LogP contribution in [0.25, 0.3) is 0 Å². The van der Waals surface area contributed by atoms with Crippen LogP contribution < -0.4 is 0 Å². The third-order valence-electron chi connectivity index (χ3n) is 2.75. The molecular formula is C12H14O. The van der Waals surface area contributed by atoms with E-state index in [-0.39, 0.29) is 11.5 Å². The molecule has 0 aliphatic heterocycles. The van der Waals surface area contributed by atoms with Crippen molar-refractivity contribution >= 4 is 0 Å². The fourth-order valence-electron chi connectivity index (χ4n) is 1.93. The second-order valence-corrected chi connectivity index (χ2v) is 3.91. The fraction of sp³-hybridized carbons (Fsp3) is 0.333. The molecule has 1 aromatic rings. The van der Waals surface area contributed by atoms with Crippen molar-refractivity contribution in [2.45, 2.75) is 24.9 Å². The molecule has 0 amide bonds. The highest BCUT2D eigenvalue weighted by Gasteiger charge is 2.30. The Kier molecular flexibility index (Phi) is 1.97. The molecule has 2 unspecified atom stereocenters. The zero-order chi connectivity index (χ0) is 9.31. The van der Waals surface area contributed by atoms with E-state index < -0.39 is 0 Å². The first-order valence-electron chi connectivity index (χ1n) is 4.64. The topological polar surface area (TPSA) is 20.2 Å². The number of aliphatic hydroxyl groups is 1. The van der Waals surface area contributed by atoms with E-state index in [1.54, 1.807) is 0 Å². The lowest BCUT2D eigenvalue weighted by atomic mass is 9.82. The van der Waals surface area contributed by atoms with Crippen molar-refractivity contribution in [2.75, 3.05) is 0 Å². The molecule has 0 saturated carbocycles. The van der Waals surface area contributed by atoms with Crippen molar-refractivity contribution in [3.63, 3.8) is 0 Å². The predicted molar refractivity (Wildman–Crippen MR) is 53.6 cm³/mol. The van der Waals surface area contributed by atoms with Crippen molar-refractivity contribution in [1.82, 2.24) is 0 Å². The quantitative estimate of drug-likeness (QED) is 0.647. The van der Waals surface area contributed by atoms with E-state index >= 15 is 0 Å². The predicted octanol–water partition coefficient (Wildman–Crippen LogP) is 2.27. The minimum absolute atomic E-state index is 0.0284. The molecule has 1 nitrogen and oxygen atoms in total. The van der Waals surface area contributed by atoms with Crippen molar-refractivity contribution in [1.29, 1.82) is 0 Å². The number of allylic oxidation sites excluding steroid dienone is 1. The van der Waals surface area contributed by atoms with Crippen molar-refractivity contribution in [3.05, 3.63) is 48.0 Å². The van der Waals surface area contributed by atoms with Gasteiger partial charge in [0, 0.05) is 5.41 Å². The van der Waals surface area contributed by atoms with Crippen LogP contribution in [0.2, 0.25) is 0 Å². The minimum Gasteiger partial charge on any atom is -0.389 e. The second-order valence-electron chi connectivity index (χ2n) is 3.91. The van der Waals surface area contributed by atoms with Gasteiger partial charge >= 0.3 is 0 Å². The van der Waals surface area contributed by atoms with E-state index in [1.807, 2.05) is 24.3 Å². The molecule has 2 rings (SSSR count). The molecule has 1 heteroatoms. The number of hydrogen-bond acceptors (Lipinski definition) is 1. The van der Waals surface area contributed by atoms with Gasteiger partial charge in [0.15, 0.2) is 0 Å². The average molecular weight is 174 g/mol. The van der Waals surface area contributed by atoms with Crippen LogP contribution >= 0.6 is 0 Å². The van der Waals surface area contributed by atoms with Gasteiger partial charge in [0.05, 0.1) is 6.10 Å². The molecular weight excluding hydrogens is 160 g/mol. The SMILES string of the molecule is CC1(c2ccccc2)C=CC(O)C1. The Morgan fingerprint density at radius 1 is 1.31 bits per heavy atom. The summed E-state index contributed by atoms with van der Waals surface area (Å²) in [6.07, 6.45) is 4.52. The van der Waals surface area contributed by atoms with Gasteiger partial charge < -0.3 is 5.11 Å². The Balaban J connectivity index is 2.32. The number of rotatable bonds is 1.